The number of hydrogen-bond donors (Lipinski definition) is 0. The van der Waals surface area contributed by atoms with Gasteiger partial charge in [0, 0.05) is 6.92 Å². The summed E-state index contributed by atoms with van der Waals surface area (Å²) >= 11 is 0. The molecular formula is C4H7LiO2. The molecule has 0 aliphatic rings. The molecule has 0 heterocycles. The third-order valence-corrected chi connectivity index (χ3v) is 0.249. The normalized spacial score (nSPS) is 5.86. The summed E-state index contributed by atoms with van der Waals surface area (Å²) in [6, 6.07) is 0. The Labute approximate surface area is 54.7 Å². The Bertz CT molecular complexity index is 70.1. The van der Waals surface area contributed by atoms with Crippen molar-refractivity contribution in [2.45, 2.75) is 6.92 Å². The minimum absolute atomic E-state index is 0. The SMILES string of the molecule is C=COC(C)=O.[LiH]. The molecule has 0 fully saturated rings. The Morgan fingerprint density at radius 2 is 2.29 bits per heavy atom. The van der Waals surface area contributed by atoms with Crippen LogP contribution in [0.3, 0.4) is 0 Å². The Morgan fingerprint density at radius 1 is 1.86 bits per heavy atom. The van der Waals surface area contributed by atoms with Crippen molar-refractivity contribution in [1.29, 1.82) is 0 Å². The molecule has 0 aliphatic carbocycles. The van der Waals surface area contributed by atoms with Crippen molar-refractivity contribution < 1.29 is 9.53 Å². The second-order valence-electron chi connectivity index (χ2n) is 0.776. The summed E-state index contributed by atoms with van der Waals surface area (Å²) in [7, 11) is 0. The van der Waals surface area contributed by atoms with E-state index in [1.54, 1.807) is 0 Å². The van der Waals surface area contributed by atoms with Crippen molar-refractivity contribution >= 4 is 24.8 Å². The van der Waals surface area contributed by atoms with E-state index in [9.17, 15) is 4.79 Å². The maximum absolute atomic E-state index is 9.75. The topological polar surface area (TPSA) is 26.3 Å². The summed E-state index contributed by atoms with van der Waals surface area (Å²) in [5, 5.41) is 0. The van der Waals surface area contributed by atoms with Crippen LogP contribution in [0.1, 0.15) is 6.92 Å². The zero-order valence-corrected chi connectivity index (χ0v) is 3.60. The van der Waals surface area contributed by atoms with Crippen LogP contribution in [-0.2, 0) is 9.53 Å². The van der Waals surface area contributed by atoms with Crippen LogP contribution in [0.4, 0.5) is 0 Å². The molecule has 0 aromatic carbocycles. The first-order chi connectivity index (χ1) is 2.77. The van der Waals surface area contributed by atoms with Gasteiger partial charge in [0.05, 0.1) is 6.26 Å². The summed E-state index contributed by atoms with van der Waals surface area (Å²) in [4.78, 5) is 9.75. The predicted molar refractivity (Wildman–Crippen MR) is 29.1 cm³/mol. The fourth-order valence-corrected chi connectivity index (χ4v) is 0.117. The molecule has 0 radical (unpaired) electrons. The third-order valence-electron chi connectivity index (χ3n) is 0.249. The van der Waals surface area contributed by atoms with E-state index in [0.29, 0.717) is 0 Å². The monoisotopic (exact) mass is 94.1 g/mol. The summed E-state index contributed by atoms with van der Waals surface area (Å²) < 4.78 is 4.17. The number of esters is 1. The fourth-order valence-electron chi connectivity index (χ4n) is 0.117. The van der Waals surface area contributed by atoms with Gasteiger partial charge in [-0.1, -0.05) is 6.58 Å². The molecule has 3 heteroatoms. The molecule has 0 aromatic heterocycles. The molecule has 0 bridgehead atoms. The Hall–Kier alpha value is -0.193. The second-order valence-corrected chi connectivity index (χ2v) is 0.776. The van der Waals surface area contributed by atoms with E-state index in [0.717, 1.165) is 6.26 Å². The summed E-state index contributed by atoms with van der Waals surface area (Å²) in [5.74, 6) is -0.329. The Kier molecular flexibility index (Phi) is 8.24. The van der Waals surface area contributed by atoms with Crippen molar-refractivity contribution in [1.82, 2.24) is 0 Å². The standard InChI is InChI=1S/C4H6O2.Li.H/c1-3-6-4(2)5;;/h3H,1H2,2H3;;. The average Bonchev–Trinajstić information content (AvgIpc) is 1.35. The molecule has 7 heavy (non-hydrogen) atoms. The number of ether oxygens (including phenoxy) is 1. The number of carbonyl (C=O) groups is 1. The summed E-state index contributed by atoms with van der Waals surface area (Å²) in [6.07, 6.45) is 1.10. The summed E-state index contributed by atoms with van der Waals surface area (Å²) in [5.41, 5.74) is 0. The maximum atomic E-state index is 9.75. The molecule has 0 N–H and O–H groups in total. The van der Waals surface area contributed by atoms with E-state index in [1.165, 1.54) is 6.92 Å². The van der Waals surface area contributed by atoms with Crippen LogP contribution >= 0.6 is 0 Å². The first-order valence-electron chi connectivity index (χ1n) is 1.55. The molecule has 0 amide bonds. The quantitative estimate of drug-likeness (QED) is 0.260. The van der Waals surface area contributed by atoms with Gasteiger partial charge in [-0.3, -0.25) is 4.79 Å². The van der Waals surface area contributed by atoms with Crippen molar-refractivity contribution in [3.63, 3.8) is 0 Å². The molecule has 0 unspecified atom stereocenters. The van der Waals surface area contributed by atoms with Crippen molar-refractivity contribution in [2.24, 2.45) is 0 Å². The van der Waals surface area contributed by atoms with Gasteiger partial charge in [0.1, 0.15) is 0 Å². The van der Waals surface area contributed by atoms with E-state index in [-0.39, 0.29) is 24.8 Å². The average molecular weight is 94.0 g/mol. The fraction of sp³-hybridized carbons (Fsp3) is 0.250. The molecule has 0 spiro atoms. The number of rotatable bonds is 1. The van der Waals surface area contributed by atoms with Gasteiger partial charge in [0.25, 0.3) is 0 Å². The van der Waals surface area contributed by atoms with Crippen LogP contribution in [0.2, 0.25) is 0 Å². The van der Waals surface area contributed by atoms with Crippen LogP contribution in [-0.4, -0.2) is 24.8 Å². The van der Waals surface area contributed by atoms with E-state index in [4.69, 9.17) is 0 Å². The van der Waals surface area contributed by atoms with Crippen molar-refractivity contribution in [3.05, 3.63) is 12.8 Å². The van der Waals surface area contributed by atoms with Gasteiger partial charge in [0.15, 0.2) is 0 Å². The van der Waals surface area contributed by atoms with Crippen molar-refractivity contribution in [3.8, 4) is 0 Å². The van der Waals surface area contributed by atoms with E-state index in [1.807, 2.05) is 0 Å². The van der Waals surface area contributed by atoms with Crippen LogP contribution in [0.5, 0.6) is 0 Å². The van der Waals surface area contributed by atoms with Crippen LogP contribution in [0.15, 0.2) is 12.8 Å². The molecular weight excluding hydrogens is 87.0 g/mol. The van der Waals surface area contributed by atoms with Gasteiger partial charge >= 0.3 is 24.8 Å². The zero-order valence-electron chi connectivity index (χ0n) is 3.60. The number of hydrogen-bond acceptors (Lipinski definition) is 2. The Morgan fingerprint density at radius 3 is 2.29 bits per heavy atom. The zero-order chi connectivity index (χ0) is 4.99. The van der Waals surface area contributed by atoms with Gasteiger partial charge in [-0.25, -0.2) is 0 Å². The van der Waals surface area contributed by atoms with E-state index >= 15 is 0 Å². The van der Waals surface area contributed by atoms with Gasteiger partial charge in [-0.05, 0) is 0 Å². The van der Waals surface area contributed by atoms with Gasteiger partial charge < -0.3 is 4.74 Å². The first-order valence-corrected chi connectivity index (χ1v) is 1.55. The first kappa shape index (κ1) is 9.93. The van der Waals surface area contributed by atoms with Gasteiger partial charge in [0.2, 0.25) is 0 Å². The van der Waals surface area contributed by atoms with Crippen LogP contribution in [0.25, 0.3) is 0 Å². The summed E-state index contributed by atoms with van der Waals surface area (Å²) in [6.45, 7) is 4.48. The van der Waals surface area contributed by atoms with Gasteiger partial charge in [-0.15, -0.1) is 0 Å². The molecule has 0 rings (SSSR count). The molecule has 36 valence electrons. The molecule has 0 saturated carbocycles. The predicted octanol–water partition coefficient (Wildman–Crippen LogP) is 0.0445. The second kappa shape index (κ2) is 5.81. The molecule has 0 aromatic rings. The minimum atomic E-state index is -0.329. The number of carbonyl (C=O) groups excluding carboxylic acids is 1. The van der Waals surface area contributed by atoms with Crippen molar-refractivity contribution in [2.75, 3.05) is 0 Å². The van der Waals surface area contributed by atoms with Gasteiger partial charge in [-0.2, -0.15) is 0 Å². The molecule has 0 atom stereocenters. The van der Waals surface area contributed by atoms with E-state index < -0.39 is 0 Å². The molecule has 0 aliphatic heterocycles. The molecule has 0 saturated heterocycles. The van der Waals surface area contributed by atoms with E-state index in [2.05, 4.69) is 11.3 Å². The third kappa shape index (κ3) is 10.7. The molecule has 2 nitrogen and oxygen atoms in total. The van der Waals surface area contributed by atoms with Crippen LogP contribution < -0.4 is 0 Å². The Balaban J connectivity index is 0. The van der Waals surface area contributed by atoms with Crippen LogP contribution in [0, 0.1) is 0 Å².